The minimum Gasteiger partial charge on any atom is -0.423 e. The van der Waals surface area contributed by atoms with Crippen molar-refractivity contribution < 1.29 is 18.8 Å². The van der Waals surface area contributed by atoms with Gasteiger partial charge >= 0.3 is 7.12 Å². The number of imidazole rings is 2. The molecule has 56 heavy (non-hydrogen) atoms. The number of halogens is 3. The smallest absolute Gasteiger partial charge is 0.423 e. The van der Waals surface area contributed by atoms with Gasteiger partial charge < -0.3 is 10.0 Å². The van der Waals surface area contributed by atoms with E-state index in [1.54, 1.807) is 24.4 Å². The Morgan fingerprint density at radius 3 is 1.64 bits per heavy atom. The second-order valence-electron chi connectivity index (χ2n) is 14.4. The van der Waals surface area contributed by atoms with Gasteiger partial charge in [-0.3, -0.25) is 9.13 Å². The van der Waals surface area contributed by atoms with Crippen LogP contribution in [-0.2, 0) is 0 Å². The topological polar surface area (TPSA) is 104 Å². The summed E-state index contributed by atoms with van der Waals surface area (Å²) in [5.41, 5.74) is 8.25. The van der Waals surface area contributed by atoms with Crippen molar-refractivity contribution in [1.29, 1.82) is 5.26 Å². The molecule has 0 unspecified atom stereocenters. The van der Waals surface area contributed by atoms with Gasteiger partial charge in [0.25, 0.3) is 0 Å². The third-order valence-electron chi connectivity index (χ3n) is 9.14. The Morgan fingerprint density at radius 2 is 1.20 bits per heavy atom. The fourth-order valence-electron chi connectivity index (χ4n) is 6.26. The molecule has 0 saturated heterocycles. The number of hydrogen-bond acceptors (Lipinski definition) is 5. The molecule has 2 aromatic heterocycles. The highest BCUT2D eigenvalue weighted by Crippen LogP contribution is 2.35. The number of nitriles is 1. The number of hydrogen-bond donors (Lipinski definition) is 2. The van der Waals surface area contributed by atoms with E-state index in [-0.39, 0.29) is 16.7 Å². The van der Waals surface area contributed by atoms with Gasteiger partial charge in [-0.05, 0) is 91.6 Å². The molecule has 0 atom stereocenters. The molecule has 0 spiro atoms. The van der Waals surface area contributed by atoms with E-state index in [0.29, 0.717) is 29.5 Å². The van der Waals surface area contributed by atoms with E-state index in [0.717, 1.165) is 28.1 Å². The van der Waals surface area contributed by atoms with Crippen LogP contribution in [0.15, 0.2) is 102 Å². The Morgan fingerprint density at radius 1 is 0.714 bits per heavy atom. The van der Waals surface area contributed by atoms with Crippen LogP contribution >= 0.6 is 15.9 Å². The first-order valence-corrected chi connectivity index (χ1v) is 19.1. The zero-order chi connectivity index (χ0) is 41.3. The van der Waals surface area contributed by atoms with Gasteiger partial charge in [-0.2, -0.15) is 5.26 Å². The molecule has 0 fully saturated rings. The maximum absolute atomic E-state index is 13.7. The number of rotatable bonds is 8. The van der Waals surface area contributed by atoms with E-state index in [9.17, 15) is 8.78 Å². The molecule has 0 aliphatic rings. The molecule has 0 bridgehead atoms. The van der Waals surface area contributed by atoms with Gasteiger partial charge in [0.05, 0.1) is 23.5 Å². The first kappa shape index (κ1) is 43.3. The van der Waals surface area contributed by atoms with Crippen LogP contribution in [0, 0.1) is 29.5 Å². The molecule has 0 aliphatic carbocycles. The molecular formula is C44H46BBrF2N6O2. The first-order valence-electron chi connectivity index (χ1n) is 18.3. The van der Waals surface area contributed by atoms with Gasteiger partial charge in [-0.15, -0.1) is 0 Å². The fourth-order valence-corrected chi connectivity index (χ4v) is 6.67. The van der Waals surface area contributed by atoms with Gasteiger partial charge in [0.2, 0.25) is 5.69 Å². The second kappa shape index (κ2) is 19.5. The quantitative estimate of drug-likeness (QED) is 0.118. The number of nitrogens with zero attached hydrogens (tertiary/aromatic N) is 6. The van der Waals surface area contributed by atoms with Crippen molar-refractivity contribution in [3.63, 3.8) is 0 Å². The van der Waals surface area contributed by atoms with Gasteiger partial charge in [0.1, 0.15) is 23.5 Å². The molecule has 12 heteroatoms. The lowest BCUT2D eigenvalue weighted by Gasteiger charge is -2.21. The van der Waals surface area contributed by atoms with Crippen LogP contribution in [0.5, 0.6) is 0 Å². The van der Waals surface area contributed by atoms with Crippen LogP contribution in [0.2, 0.25) is 0 Å². The van der Waals surface area contributed by atoms with Crippen LogP contribution in [0.4, 0.5) is 14.5 Å². The van der Waals surface area contributed by atoms with Crippen LogP contribution in [0.1, 0.15) is 107 Å². The highest BCUT2D eigenvalue weighted by Gasteiger charge is 2.20. The van der Waals surface area contributed by atoms with E-state index >= 15 is 0 Å². The zero-order valence-corrected chi connectivity index (χ0v) is 34.4. The molecule has 6 rings (SSSR count). The number of aromatic nitrogens is 4. The molecule has 288 valence electrons. The van der Waals surface area contributed by atoms with Gasteiger partial charge in [0, 0.05) is 30.4 Å². The fraction of sp³-hybridized carbons (Fsp3) is 0.273. The van der Waals surface area contributed by atoms with Crippen molar-refractivity contribution in [1.82, 2.24) is 19.1 Å². The summed E-state index contributed by atoms with van der Waals surface area (Å²) in [6, 6.07) is 22.4. The largest absolute Gasteiger partial charge is 0.488 e. The lowest BCUT2D eigenvalue weighted by atomic mass is 9.80. The average Bonchev–Trinajstić information content (AvgIpc) is 3.84. The summed E-state index contributed by atoms with van der Waals surface area (Å²) in [6.07, 6.45) is 7.52. The monoisotopic (exact) mass is 818 g/mol. The Labute approximate surface area is 337 Å². The highest BCUT2D eigenvalue weighted by atomic mass is 79.9. The molecule has 2 N–H and O–H groups in total. The van der Waals surface area contributed by atoms with Crippen molar-refractivity contribution in [2.24, 2.45) is 0 Å². The first-order chi connectivity index (χ1) is 26.6. The van der Waals surface area contributed by atoms with E-state index in [1.165, 1.54) is 40.1 Å². The Hall–Kier alpha value is -5.40. The minimum atomic E-state index is -1.67. The average molecular weight is 820 g/mol. The van der Waals surface area contributed by atoms with Crippen molar-refractivity contribution in [2.75, 3.05) is 0 Å². The normalized spacial score (nSPS) is 10.8. The van der Waals surface area contributed by atoms with Gasteiger partial charge in [-0.25, -0.2) is 23.6 Å². The minimum absolute atomic E-state index is 0.0123. The third-order valence-corrected chi connectivity index (χ3v) is 9.72. The van der Waals surface area contributed by atoms with E-state index < -0.39 is 18.8 Å². The standard InChI is InChI=1S/C22H22FN3.C15H19BrN2.C7H5BFNO2/c1-14(2)17-7-6-8-18(15(3)4)21(17)26-12-11-25-22(26)16-9-10-19(23)20(13-16)24-5;1-10(2)12-6-5-7-13(11(3)4)14(12)18-9-8-17-15(18)16;9-7-2-1-6(8(11)12)3-5(7)4-10/h6-15H,1-4H3;5-11H,1-4H3;1-3,11-12H. The van der Waals surface area contributed by atoms with Crippen LogP contribution in [-0.4, -0.2) is 36.3 Å². The lowest BCUT2D eigenvalue weighted by Crippen LogP contribution is -2.30. The number of benzene rings is 4. The van der Waals surface area contributed by atoms with E-state index in [2.05, 4.69) is 132 Å². The molecule has 0 amide bonds. The lowest BCUT2D eigenvalue weighted by molar-refractivity contribution is 0.425. The summed E-state index contributed by atoms with van der Waals surface area (Å²) in [6.45, 7) is 24.8. The van der Waals surface area contributed by atoms with Crippen LogP contribution < -0.4 is 5.46 Å². The van der Waals surface area contributed by atoms with Crippen LogP contribution in [0.25, 0.3) is 27.6 Å². The molecule has 2 heterocycles. The van der Waals surface area contributed by atoms with Crippen molar-refractivity contribution >= 4 is 34.2 Å². The molecule has 0 saturated carbocycles. The predicted molar refractivity (Wildman–Crippen MR) is 224 cm³/mol. The summed E-state index contributed by atoms with van der Waals surface area (Å²) in [5, 5.41) is 25.7. The van der Waals surface area contributed by atoms with Gasteiger partial charge in [0.15, 0.2) is 4.73 Å². The summed E-state index contributed by atoms with van der Waals surface area (Å²) in [4.78, 5) is 12.1. The molecule has 4 aromatic carbocycles. The van der Waals surface area contributed by atoms with E-state index in [1.807, 2.05) is 18.6 Å². The summed E-state index contributed by atoms with van der Waals surface area (Å²) < 4.78 is 31.4. The Kier molecular flexibility index (Phi) is 15.1. The molecule has 0 radical (unpaired) electrons. The maximum Gasteiger partial charge on any atom is 0.488 e. The summed E-state index contributed by atoms with van der Waals surface area (Å²) in [5.74, 6) is 1.23. The van der Waals surface area contributed by atoms with Crippen molar-refractivity contribution in [3.8, 4) is 28.8 Å². The summed E-state index contributed by atoms with van der Waals surface area (Å²) >= 11 is 3.52. The zero-order valence-electron chi connectivity index (χ0n) is 32.8. The SMILES string of the molecule is CC(C)c1cccc(C(C)C)c1-n1ccnc1Br.N#Cc1cc(B(O)O)ccc1F.[C-]#[N+]c1cc(-c2nccn2-c2c(C(C)C)cccc2C(C)C)ccc1F. The predicted octanol–water partition coefficient (Wildman–Crippen LogP) is 10.7. The van der Waals surface area contributed by atoms with Crippen LogP contribution in [0.3, 0.4) is 0 Å². The second-order valence-corrected chi connectivity index (χ2v) is 15.1. The molecular weight excluding hydrogens is 773 g/mol. The molecule has 0 aliphatic heterocycles. The Balaban J connectivity index is 0.000000201. The Bertz CT molecular complexity index is 2300. The summed E-state index contributed by atoms with van der Waals surface area (Å²) in [7, 11) is -1.67. The highest BCUT2D eigenvalue weighted by molar-refractivity contribution is 9.10. The number of para-hydroxylation sites is 2. The molecule has 8 nitrogen and oxygen atoms in total. The van der Waals surface area contributed by atoms with E-state index in [4.69, 9.17) is 21.9 Å². The van der Waals surface area contributed by atoms with Gasteiger partial charge in [-0.1, -0.05) is 104 Å². The van der Waals surface area contributed by atoms with Crippen molar-refractivity contribution in [3.05, 3.63) is 153 Å². The third kappa shape index (κ3) is 10.1. The maximum atomic E-state index is 13.7. The van der Waals surface area contributed by atoms with Crippen molar-refractivity contribution in [2.45, 2.75) is 79.1 Å². The molecule has 6 aromatic rings.